The Labute approximate surface area is 215 Å². The Kier molecular flexibility index (Phi) is 8.32. The first kappa shape index (κ1) is 25.4. The van der Waals surface area contributed by atoms with Crippen LogP contribution in [0.1, 0.15) is 22.6 Å². The molecular formula is C27H24ClN3O4S. The molecule has 0 fully saturated rings. The molecule has 0 saturated carbocycles. The van der Waals surface area contributed by atoms with Gasteiger partial charge in [-0.25, -0.2) is 13.8 Å². The maximum absolute atomic E-state index is 13.4. The van der Waals surface area contributed by atoms with Crippen LogP contribution in [0, 0.1) is 0 Å². The van der Waals surface area contributed by atoms with E-state index in [1.807, 2.05) is 30.3 Å². The largest absolute Gasteiger partial charge is 0.459 e. The first-order valence-corrected chi connectivity index (χ1v) is 13.0. The Bertz CT molecular complexity index is 1420. The van der Waals surface area contributed by atoms with E-state index >= 15 is 0 Å². The predicted octanol–water partition coefficient (Wildman–Crippen LogP) is 5.02. The van der Waals surface area contributed by atoms with Crippen molar-refractivity contribution in [2.24, 2.45) is 5.10 Å². The number of carbonyl (C=O) groups excluding carboxylic acids is 1. The van der Waals surface area contributed by atoms with Crippen LogP contribution in [0.25, 0.3) is 0 Å². The van der Waals surface area contributed by atoms with Crippen LogP contribution in [-0.4, -0.2) is 24.8 Å². The molecule has 36 heavy (non-hydrogen) atoms. The van der Waals surface area contributed by atoms with Crippen molar-refractivity contribution in [3.05, 3.63) is 125 Å². The van der Waals surface area contributed by atoms with E-state index in [2.05, 4.69) is 10.5 Å². The van der Waals surface area contributed by atoms with E-state index in [0.29, 0.717) is 16.5 Å². The number of hydrazone groups is 1. The smallest absolute Gasteiger partial charge is 0.244 e. The number of hydrogen-bond acceptors (Lipinski definition) is 5. The third-order valence-electron chi connectivity index (χ3n) is 5.26. The molecule has 0 aliphatic carbocycles. The van der Waals surface area contributed by atoms with Gasteiger partial charge in [-0.3, -0.25) is 4.79 Å². The van der Waals surface area contributed by atoms with Crippen molar-refractivity contribution in [3.63, 3.8) is 0 Å². The maximum Gasteiger partial charge on any atom is 0.244 e. The molecule has 0 atom stereocenters. The molecule has 0 unspecified atom stereocenters. The quantitative estimate of drug-likeness (QED) is 0.234. The van der Waals surface area contributed by atoms with Crippen molar-refractivity contribution in [2.45, 2.75) is 24.4 Å². The number of halogens is 1. The van der Waals surface area contributed by atoms with Gasteiger partial charge in [-0.1, -0.05) is 72.3 Å². The topological polar surface area (TPSA) is 92.0 Å². The van der Waals surface area contributed by atoms with E-state index in [9.17, 15) is 13.2 Å². The molecule has 0 aliphatic heterocycles. The number of amides is 1. The van der Waals surface area contributed by atoms with Crippen LogP contribution in [0.4, 0.5) is 0 Å². The molecule has 7 nitrogen and oxygen atoms in total. The van der Waals surface area contributed by atoms with Gasteiger partial charge in [0.25, 0.3) is 0 Å². The molecule has 0 saturated heterocycles. The fourth-order valence-electron chi connectivity index (χ4n) is 3.47. The number of benzene rings is 3. The molecule has 0 bridgehead atoms. The van der Waals surface area contributed by atoms with Gasteiger partial charge in [0.15, 0.2) is 0 Å². The van der Waals surface area contributed by atoms with Crippen molar-refractivity contribution in [2.75, 3.05) is 0 Å². The van der Waals surface area contributed by atoms with Crippen LogP contribution in [0.5, 0.6) is 0 Å². The van der Waals surface area contributed by atoms with E-state index in [-0.39, 0.29) is 30.3 Å². The molecule has 4 rings (SSSR count). The Hall–Kier alpha value is -3.72. The summed E-state index contributed by atoms with van der Waals surface area (Å²) in [6.07, 6.45) is 1.58. The summed E-state index contributed by atoms with van der Waals surface area (Å²) < 4.78 is 33.9. The highest BCUT2D eigenvalue weighted by atomic mass is 35.5. The third kappa shape index (κ3) is 6.91. The standard InChI is InChI=1S/C27H24ClN3O4S/c28-23-13-11-22(12-14-23)19-31(36(33,34)26-9-5-2-6-10-26)20-25-16-15-24(35-25)18-29-30-27(32)17-21-7-3-1-4-8-21/h1-16,18H,17,19-20H2,(H,30,32)/b29-18-. The monoisotopic (exact) mass is 521 g/mol. The highest BCUT2D eigenvalue weighted by Crippen LogP contribution is 2.22. The number of nitrogens with one attached hydrogen (secondary N) is 1. The van der Waals surface area contributed by atoms with Gasteiger partial charge in [0.2, 0.25) is 15.9 Å². The van der Waals surface area contributed by atoms with Gasteiger partial charge >= 0.3 is 0 Å². The Morgan fingerprint density at radius 3 is 2.22 bits per heavy atom. The van der Waals surface area contributed by atoms with Gasteiger partial charge in [-0.2, -0.15) is 9.41 Å². The molecule has 4 aromatic rings. The van der Waals surface area contributed by atoms with Crippen LogP contribution < -0.4 is 5.43 Å². The Balaban J connectivity index is 1.46. The van der Waals surface area contributed by atoms with Crippen molar-refractivity contribution in [1.82, 2.24) is 9.73 Å². The van der Waals surface area contributed by atoms with Crippen molar-refractivity contribution < 1.29 is 17.6 Å². The lowest BCUT2D eigenvalue weighted by molar-refractivity contribution is -0.120. The minimum atomic E-state index is -3.81. The predicted molar refractivity (Wildman–Crippen MR) is 139 cm³/mol. The summed E-state index contributed by atoms with van der Waals surface area (Å²) in [6, 6.07) is 27.9. The summed E-state index contributed by atoms with van der Waals surface area (Å²) in [5.74, 6) is 0.557. The highest BCUT2D eigenvalue weighted by molar-refractivity contribution is 7.89. The van der Waals surface area contributed by atoms with Crippen molar-refractivity contribution in [1.29, 1.82) is 0 Å². The SMILES string of the molecule is O=C(Cc1ccccc1)N/N=C\c1ccc(CN(Cc2ccc(Cl)cc2)S(=O)(=O)c2ccccc2)o1. The van der Waals surface area contributed by atoms with Gasteiger partial charge in [-0.05, 0) is 47.5 Å². The number of furan rings is 1. The average molecular weight is 522 g/mol. The molecule has 1 aromatic heterocycles. The normalized spacial score (nSPS) is 11.7. The zero-order valence-corrected chi connectivity index (χ0v) is 20.8. The number of carbonyl (C=O) groups is 1. The number of sulfonamides is 1. The first-order chi connectivity index (χ1) is 17.4. The minimum absolute atomic E-state index is 0.00800. The van der Waals surface area contributed by atoms with E-state index in [4.69, 9.17) is 16.0 Å². The second kappa shape index (κ2) is 11.8. The van der Waals surface area contributed by atoms with Crippen molar-refractivity contribution >= 4 is 33.7 Å². The fourth-order valence-corrected chi connectivity index (χ4v) is 5.01. The number of nitrogens with zero attached hydrogens (tertiary/aromatic N) is 2. The number of rotatable bonds is 10. The molecule has 0 aliphatic rings. The lowest BCUT2D eigenvalue weighted by Gasteiger charge is -2.21. The Morgan fingerprint density at radius 1 is 0.861 bits per heavy atom. The van der Waals surface area contributed by atoms with Crippen LogP contribution in [0.3, 0.4) is 0 Å². The van der Waals surface area contributed by atoms with E-state index in [1.54, 1.807) is 66.7 Å². The first-order valence-electron chi connectivity index (χ1n) is 11.1. The van der Waals surface area contributed by atoms with E-state index in [0.717, 1.165) is 11.1 Å². The summed E-state index contributed by atoms with van der Waals surface area (Å²) in [6.45, 7) is 0.141. The van der Waals surface area contributed by atoms with Crippen LogP contribution in [0.2, 0.25) is 5.02 Å². The molecule has 3 aromatic carbocycles. The maximum atomic E-state index is 13.4. The van der Waals surface area contributed by atoms with Gasteiger partial charge in [0.05, 0.1) is 24.1 Å². The second-order valence-corrected chi connectivity index (χ2v) is 10.3. The third-order valence-corrected chi connectivity index (χ3v) is 7.31. The summed E-state index contributed by atoms with van der Waals surface area (Å²) in [5, 5.41) is 4.51. The molecule has 1 amide bonds. The van der Waals surface area contributed by atoms with Gasteiger partial charge in [-0.15, -0.1) is 0 Å². The summed E-state index contributed by atoms with van der Waals surface area (Å²) in [7, 11) is -3.81. The Morgan fingerprint density at radius 2 is 1.53 bits per heavy atom. The summed E-state index contributed by atoms with van der Waals surface area (Å²) in [4.78, 5) is 12.2. The van der Waals surface area contributed by atoms with Crippen LogP contribution in [0.15, 0.2) is 111 Å². The lowest BCUT2D eigenvalue weighted by Crippen LogP contribution is -2.30. The molecule has 0 radical (unpaired) electrons. The second-order valence-electron chi connectivity index (χ2n) is 7.97. The summed E-state index contributed by atoms with van der Waals surface area (Å²) >= 11 is 5.98. The summed E-state index contributed by atoms with van der Waals surface area (Å²) in [5.41, 5.74) is 4.13. The van der Waals surface area contributed by atoms with E-state index < -0.39 is 10.0 Å². The molecule has 1 heterocycles. The lowest BCUT2D eigenvalue weighted by atomic mass is 10.1. The molecule has 1 N–H and O–H groups in total. The van der Waals surface area contributed by atoms with Gasteiger partial charge in [0, 0.05) is 11.6 Å². The highest BCUT2D eigenvalue weighted by Gasteiger charge is 2.26. The van der Waals surface area contributed by atoms with E-state index in [1.165, 1.54) is 10.5 Å². The van der Waals surface area contributed by atoms with Crippen LogP contribution in [-0.2, 0) is 34.3 Å². The van der Waals surface area contributed by atoms with Crippen molar-refractivity contribution in [3.8, 4) is 0 Å². The average Bonchev–Trinajstić information content (AvgIpc) is 3.33. The zero-order chi connectivity index (χ0) is 25.4. The number of hydrogen-bond donors (Lipinski definition) is 1. The minimum Gasteiger partial charge on any atom is -0.459 e. The van der Waals surface area contributed by atoms with Gasteiger partial charge in [0.1, 0.15) is 11.5 Å². The van der Waals surface area contributed by atoms with Crippen LogP contribution >= 0.6 is 11.6 Å². The fraction of sp³-hybridized carbons (Fsp3) is 0.111. The molecule has 9 heteroatoms. The molecule has 184 valence electrons. The van der Waals surface area contributed by atoms with Gasteiger partial charge < -0.3 is 4.42 Å². The molecule has 0 spiro atoms. The molecular weight excluding hydrogens is 498 g/mol. The zero-order valence-electron chi connectivity index (χ0n) is 19.2.